The van der Waals surface area contributed by atoms with E-state index in [2.05, 4.69) is 14.0 Å². The summed E-state index contributed by atoms with van der Waals surface area (Å²) in [4.78, 5) is 0. The molecule has 2 fully saturated rings. The number of piperidine rings is 1. The lowest BCUT2D eigenvalue weighted by molar-refractivity contribution is -0.914. The Morgan fingerprint density at radius 3 is 2.11 bits per heavy atom. The minimum Gasteiger partial charge on any atom is -0.326 e. The first-order chi connectivity index (χ1) is 9.12. The van der Waals surface area contributed by atoms with Crippen molar-refractivity contribution in [3.05, 3.63) is 0 Å². The fourth-order valence-corrected chi connectivity index (χ4v) is 4.38. The molecule has 1 saturated heterocycles. The van der Waals surface area contributed by atoms with E-state index in [1.54, 1.807) is 0 Å². The Balaban J connectivity index is 1.56. The zero-order chi connectivity index (χ0) is 13.6. The van der Waals surface area contributed by atoms with Crippen molar-refractivity contribution in [2.24, 2.45) is 5.41 Å². The maximum Gasteiger partial charge on any atom is 0.0784 e. The molecular formula is C18H36N+. The molecule has 1 saturated carbocycles. The van der Waals surface area contributed by atoms with Crippen LogP contribution in [0.1, 0.15) is 84.0 Å². The van der Waals surface area contributed by atoms with Crippen LogP contribution in [0.25, 0.3) is 0 Å². The third-order valence-corrected chi connectivity index (χ3v) is 5.93. The molecule has 0 amide bonds. The fraction of sp³-hybridized carbons (Fsp3) is 1.00. The highest BCUT2D eigenvalue weighted by Gasteiger charge is 2.26. The number of unbranched alkanes of at least 4 members (excludes halogenated alkanes) is 2. The van der Waals surface area contributed by atoms with E-state index < -0.39 is 0 Å². The third-order valence-electron chi connectivity index (χ3n) is 5.93. The van der Waals surface area contributed by atoms with Gasteiger partial charge < -0.3 is 4.48 Å². The third kappa shape index (κ3) is 5.10. The van der Waals surface area contributed by atoms with Crippen LogP contribution in [0, 0.1) is 5.41 Å². The number of likely N-dealkylation sites (tertiary alicyclic amines) is 1. The van der Waals surface area contributed by atoms with Gasteiger partial charge in [0.05, 0.1) is 26.7 Å². The first-order valence-electron chi connectivity index (χ1n) is 8.96. The molecule has 0 aromatic carbocycles. The van der Waals surface area contributed by atoms with Crippen molar-refractivity contribution in [1.82, 2.24) is 0 Å². The molecule has 112 valence electrons. The van der Waals surface area contributed by atoms with E-state index >= 15 is 0 Å². The number of rotatable bonds is 6. The second-order valence-corrected chi connectivity index (χ2v) is 8.03. The quantitative estimate of drug-likeness (QED) is 0.461. The van der Waals surface area contributed by atoms with Crippen molar-refractivity contribution in [2.45, 2.75) is 84.0 Å². The van der Waals surface area contributed by atoms with Gasteiger partial charge in [0, 0.05) is 0 Å². The lowest BCUT2D eigenvalue weighted by Gasteiger charge is -2.38. The normalized spacial score (nSPS) is 26.2. The van der Waals surface area contributed by atoms with Crippen molar-refractivity contribution >= 4 is 0 Å². The van der Waals surface area contributed by atoms with Crippen molar-refractivity contribution in [1.29, 1.82) is 0 Å². The van der Waals surface area contributed by atoms with Gasteiger partial charge in [-0.3, -0.25) is 0 Å². The van der Waals surface area contributed by atoms with Gasteiger partial charge in [-0.2, -0.15) is 0 Å². The SMILES string of the molecule is CC1(CCCCC[N+]2(C)CCCCC2)CCCCC1. The van der Waals surface area contributed by atoms with Crippen molar-refractivity contribution in [3.8, 4) is 0 Å². The van der Waals surface area contributed by atoms with Crippen LogP contribution in [-0.4, -0.2) is 31.2 Å². The lowest BCUT2D eigenvalue weighted by atomic mass is 9.72. The van der Waals surface area contributed by atoms with E-state index in [0.29, 0.717) is 5.41 Å². The van der Waals surface area contributed by atoms with Crippen LogP contribution in [-0.2, 0) is 0 Å². The average molecular weight is 266 g/mol. The Hall–Kier alpha value is -0.0400. The van der Waals surface area contributed by atoms with E-state index in [4.69, 9.17) is 0 Å². The summed E-state index contributed by atoms with van der Waals surface area (Å²) in [5.74, 6) is 0. The topological polar surface area (TPSA) is 0 Å². The van der Waals surface area contributed by atoms with E-state index in [1.807, 2.05) is 0 Å². The molecule has 0 atom stereocenters. The van der Waals surface area contributed by atoms with Gasteiger partial charge in [-0.15, -0.1) is 0 Å². The summed E-state index contributed by atoms with van der Waals surface area (Å²) < 4.78 is 1.37. The van der Waals surface area contributed by atoms with Crippen LogP contribution >= 0.6 is 0 Å². The molecule has 1 heterocycles. The second-order valence-electron chi connectivity index (χ2n) is 8.03. The summed E-state index contributed by atoms with van der Waals surface area (Å²) in [6.45, 7) is 6.87. The van der Waals surface area contributed by atoms with Gasteiger partial charge in [0.15, 0.2) is 0 Å². The van der Waals surface area contributed by atoms with Crippen LogP contribution in [0.2, 0.25) is 0 Å². The molecule has 0 unspecified atom stereocenters. The van der Waals surface area contributed by atoms with E-state index in [-0.39, 0.29) is 0 Å². The Bertz CT molecular complexity index is 220. The van der Waals surface area contributed by atoms with Gasteiger partial charge in [-0.05, 0) is 56.8 Å². The first-order valence-corrected chi connectivity index (χ1v) is 8.96. The Kier molecular flexibility index (Phi) is 5.74. The number of nitrogens with zero attached hydrogens (tertiary/aromatic N) is 1. The van der Waals surface area contributed by atoms with Gasteiger partial charge in [-0.25, -0.2) is 0 Å². The van der Waals surface area contributed by atoms with E-state index in [9.17, 15) is 0 Å². The predicted molar refractivity (Wildman–Crippen MR) is 84.3 cm³/mol. The summed E-state index contributed by atoms with van der Waals surface area (Å²) in [5, 5.41) is 0. The van der Waals surface area contributed by atoms with E-state index in [0.717, 1.165) is 0 Å². The molecular weight excluding hydrogens is 230 g/mol. The number of hydrogen-bond acceptors (Lipinski definition) is 0. The van der Waals surface area contributed by atoms with Gasteiger partial charge in [0.2, 0.25) is 0 Å². The molecule has 1 aliphatic heterocycles. The molecule has 0 aromatic heterocycles. The largest absolute Gasteiger partial charge is 0.326 e. The minimum atomic E-state index is 0.710. The summed E-state index contributed by atoms with van der Waals surface area (Å²) in [5.41, 5.74) is 0.710. The van der Waals surface area contributed by atoms with Gasteiger partial charge >= 0.3 is 0 Å². The molecule has 0 N–H and O–H groups in total. The van der Waals surface area contributed by atoms with Gasteiger partial charge in [0.1, 0.15) is 0 Å². The van der Waals surface area contributed by atoms with Crippen LogP contribution in [0.5, 0.6) is 0 Å². The highest BCUT2D eigenvalue weighted by Crippen LogP contribution is 2.39. The van der Waals surface area contributed by atoms with Crippen molar-refractivity contribution in [3.63, 3.8) is 0 Å². The van der Waals surface area contributed by atoms with Crippen LogP contribution in [0.15, 0.2) is 0 Å². The molecule has 0 radical (unpaired) electrons. The van der Waals surface area contributed by atoms with Crippen LogP contribution in [0.4, 0.5) is 0 Å². The average Bonchev–Trinajstić information content (AvgIpc) is 2.40. The molecule has 19 heavy (non-hydrogen) atoms. The molecule has 2 aliphatic rings. The molecule has 1 heteroatoms. The number of quaternary nitrogens is 1. The molecule has 0 aromatic rings. The minimum absolute atomic E-state index is 0.710. The summed E-state index contributed by atoms with van der Waals surface area (Å²) >= 11 is 0. The fourth-order valence-electron chi connectivity index (χ4n) is 4.38. The predicted octanol–water partition coefficient (Wildman–Crippen LogP) is 5.15. The molecule has 0 spiro atoms. The Labute approximate surface area is 121 Å². The molecule has 1 aliphatic carbocycles. The first kappa shape index (κ1) is 15.4. The van der Waals surface area contributed by atoms with Gasteiger partial charge in [-0.1, -0.05) is 32.6 Å². The zero-order valence-electron chi connectivity index (χ0n) is 13.6. The summed E-state index contributed by atoms with van der Waals surface area (Å²) in [6, 6.07) is 0. The van der Waals surface area contributed by atoms with Gasteiger partial charge in [0.25, 0.3) is 0 Å². The Morgan fingerprint density at radius 1 is 0.789 bits per heavy atom. The monoisotopic (exact) mass is 266 g/mol. The smallest absolute Gasteiger partial charge is 0.0784 e. The standard InChI is InChI=1S/C18H36N/c1-18(12-6-3-7-13-18)14-8-4-9-15-19(2)16-10-5-11-17-19/h3-17H2,1-2H3/q+1. The summed E-state index contributed by atoms with van der Waals surface area (Å²) in [6.07, 6.45) is 17.8. The maximum absolute atomic E-state index is 2.55. The maximum atomic E-state index is 2.55. The highest BCUT2D eigenvalue weighted by atomic mass is 15.3. The second kappa shape index (κ2) is 7.11. The van der Waals surface area contributed by atoms with Crippen LogP contribution in [0.3, 0.4) is 0 Å². The van der Waals surface area contributed by atoms with Crippen LogP contribution < -0.4 is 0 Å². The molecule has 1 nitrogen and oxygen atoms in total. The zero-order valence-corrected chi connectivity index (χ0v) is 13.6. The van der Waals surface area contributed by atoms with E-state index in [1.165, 1.54) is 101 Å². The van der Waals surface area contributed by atoms with Crippen molar-refractivity contribution in [2.75, 3.05) is 26.7 Å². The molecule has 2 rings (SSSR count). The number of hydrogen-bond donors (Lipinski definition) is 0. The summed E-state index contributed by atoms with van der Waals surface area (Å²) in [7, 11) is 2.49. The van der Waals surface area contributed by atoms with Crippen molar-refractivity contribution < 1.29 is 4.48 Å². The molecule has 0 bridgehead atoms. The lowest BCUT2D eigenvalue weighted by Crippen LogP contribution is -2.48. The highest BCUT2D eigenvalue weighted by molar-refractivity contribution is 4.78. The Morgan fingerprint density at radius 2 is 1.42 bits per heavy atom.